The van der Waals surface area contributed by atoms with Crippen LogP contribution in [0, 0.1) is 11.3 Å². The van der Waals surface area contributed by atoms with Crippen LogP contribution in [0.15, 0.2) is 61.4 Å². The van der Waals surface area contributed by atoms with Crippen molar-refractivity contribution in [2.45, 2.75) is 19.6 Å². The number of nitrogens with zero attached hydrogens (tertiary/aromatic N) is 8. The summed E-state index contributed by atoms with van der Waals surface area (Å²) in [6.45, 7) is 7.04. The molecule has 4 aromatic rings. The maximum atomic E-state index is 13.1. The standard InChI is InChI=1S/C31H35N9O4/c1-22(19-40-21-33-20-36-40)44-28-14-23(4-5-25(28)16-32)26-17-34-31(35-18-26)37-27-7-6-24(15-29(27)42-3)30(41)38(2)8-9-39-10-12-43-13-11-39/h4-7,14-15,17-18,20-22H,8-13,19H2,1-3H3,(H,34,35,37). The minimum Gasteiger partial charge on any atom is -0.495 e. The molecule has 13 heteroatoms. The Morgan fingerprint density at radius 3 is 2.64 bits per heavy atom. The van der Waals surface area contributed by atoms with Gasteiger partial charge in [-0.05, 0) is 42.8 Å². The topological polar surface area (TPSA) is 144 Å². The molecular formula is C31H35N9O4. The summed E-state index contributed by atoms with van der Waals surface area (Å²) in [4.78, 5) is 30.0. The predicted octanol–water partition coefficient (Wildman–Crippen LogP) is 3.23. The third-order valence-corrected chi connectivity index (χ3v) is 7.22. The molecule has 3 heterocycles. The van der Waals surface area contributed by atoms with E-state index in [0.717, 1.165) is 44.0 Å². The van der Waals surface area contributed by atoms with E-state index >= 15 is 0 Å². The second kappa shape index (κ2) is 14.4. The van der Waals surface area contributed by atoms with Crippen molar-refractivity contribution in [1.29, 1.82) is 5.26 Å². The Bertz CT molecular complexity index is 1580. The van der Waals surface area contributed by atoms with Crippen LogP contribution in [0.4, 0.5) is 11.6 Å². The number of nitriles is 1. The molecule has 1 unspecified atom stereocenters. The first-order valence-corrected chi connectivity index (χ1v) is 14.3. The minimum absolute atomic E-state index is 0.0812. The highest BCUT2D eigenvalue weighted by molar-refractivity contribution is 5.95. The molecular weight excluding hydrogens is 562 g/mol. The van der Waals surface area contributed by atoms with E-state index in [9.17, 15) is 10.1 Å². The number of ether oxygens (including phenoxy) is 3. The number of amides is 1. The van der Waals surface area contributed by atoms with Crippen molar-refractivity contribution < 1.29 is 19.0 Å². The number of carbonyl (C=O) groups is 1. The van der Waals surface area contributed by atoms with E-state index in [1.165, 1.54) is 6.33 Å². The maximum Gasteiger partial charge on any atom is 0.253 e. The first-order valence-electron chi connectivity index (χ1n) is 14.3. The molecule has 1 amide bonds. The Hall–Kier alpha value is -5.06. The fourth-order valence-electron chi connectivity index (χ4n) is 4.76. The van der Waals surface area contributed by atoms with Gasteiger partial charge in [0.2, 0.25) is 5.95 Å². The number of methoxy groups -OCH3 is 1. The highest BCUT2D eigenvalue weighted by Gasteiger charge is 2.18. The number of carbonyl (C=O) groups excluding carboxylic acids is 1. The maximum absolute atomic E-state index is 13.1. The highest BCUT2D eigenvalue weighted by atomic mass is 16.5. The van der Waals surface area contributed by atoms with Crippen molar-refractivity contribution in [3.63, 3.8) is 0 Å². The van der Waals surface area contributed by atoms with Crippen LogP contribution >= 0.6 is 0 Å². The predicted molar refractivity (Wildman–Crippen MR) is 163 cm³/mol. The summed E-state index contributed by atoms with van der Waals surface area (Å²) >= 11 is 0. The molecule has 0 radical (unpaired) electrons. The SMILES string of the molecule is COc1cc(C(=O)N(C)CCN2CCOCC2)ccc1Nc1ncc(-c2ccc(C#N)c(OC(C)Cn3cncn3)c2)cn1. The zero-order valence-electron chi connectivity index (χ0n) is 25.0. The number of rotatable bonds is 12. The summed E-state index contributed by atoms with van der Waals surface area (Å²) in [7, 11) is 3.36. The fraction of sp³-hybridized carbons (Fsp3) is 0.355. The molecule has 2 aromatic heterocycles. The molecule has 0 bridgehead atoms. The van der Waals surface area contributed by atoms with E-state index in [-0.39, 0.29) is 12.0 Å². The minimum atomic E-state index is -0.242. The first kappa shape index (κ1) is 30.4. The zero-order valence-corrected chi connectivity index (χ0v) is 25.0. The Balaban J connectivity index is 1.23. The van der Waals surface area contributed by atoms with Crippen molar-refractivity contribution in [1.82, 2.24) is 34.5 Å². The Morgan fingerprint density at radius 2 is 1.93 bits per heavy atom. The highest BCUT2D eigenvalue weighted by Crippen LogP contribution is 2.30. The number of hydrogen-bond acceptors (Lipinski definition) is 11. The number of benzene rings is 2. The van der Waals surface area contributed by atoms with Gasteiger partial charge < -0.3 is 24.4 Å². The second-order valence-corrected chi connectivity index (χ2v) is 10.4. The molecule has 2 aromatic carbocycles. The van der Waals surface area contributed by atoms with E-state index < -0.39 is 0 Å². The number of likely N-dealkylation sites (N-methyl/N-ethyl adjacent to an activating group) is 1. The average Bonchev–Trinajstić information content (AvgIpc) is 3.57. The van der Waals surface area contributed by atoms with Crippen molar-refractivity contribution in [2.24, 2.45) is 0 Å². The lowest BCUT2D eigenvalue weighted by Crippen LogP contribution is -2.41. The molecule has 1 N–H and O–H groups in total. The molecule has 228 valence electrons. The lowest BCUT2D eigenvalue weighted by Gasteiger charge is -2.28. The molecule has 1 aliphatic rings. The van der Waals surface area contributed by atoms with Crippen LogP contribution in [0.25, 0.3) is 11.1 Å². The number of aromatic nitrogens is 5. The molecule has 1 saturated heterocycles. The van der Waals surface area contributed by atoms with Crippen LogP contribution in [0.3, 0.4) is 0 Å². The largest absolute Gasteiger partial charge is 0.495 e. The summed E-state index contributed by atoms with van der Waals surface area (Å²) in [6, 6.07) is 12.8. The van der Waals surface area contributed by atoms with Gasteiger partial charge in [-0.1, -0.05) is 6.07 Å². The van der Waals surface area contributed by atoms with E-state index in [4.69, 9.17) is 14.2 Å². The number of nitrogens with one attached hydrogen (secondary N) is 1. The van der Waals surface area contributed by atoms with Crippen molar-refractivity contribution in [2.75, 3.05) is 58.9 Å². The van der Waals surface area contributed by atoms with Gasteiger partial charge in [0, 0.05) is 56.7 Å². The number of anilines is 2. The molecule has 13 nitrogen and oxygen atoms in total. The lowest BCUT2D eigenvalue weighted by atomic mass is 10.1. The normalized spacial score (nSPS) is 14.0. The summed E-state index contributed by atoms with van der Waals surface area (Å²) in [6.07, 6.45) is 6.22. The van der Waals surface area contributed by atoms with Crippen LogP contribution in [0.1, 0.15) is 22.8 Å². The third kappa shape index (κ3) is 7.66. The number of hydrogen-bond donors (Lipinski definition) is 1. The molecule has 1 atom stereocenters. The van der Waals surface area contributed by atoms with Crippen molar-refractivity contribution in [3.8, 4) is 28.7 Å². The van der Waals surface area contributed by atoms with Crippen LogP contribution in [-0.2, 0) is 11.3 Å². The smallest absolute Gasteiger partial charge is 0.253 e. The average molecular weight is 598 g/mol. The van der Waals surface area contributed by atoms with Gasteiger partial charge in [0.1, 0.15) is 36.3 Å². The Morgan fingerprint density at radius 1 is 1.14 bits per heavy atom. The monoisotopic (exact) mass is 597 g/mol. The van der Waals surface area contributed by atoms with Gasteiger partial charge in [-0.3, -0.25) is 9.69 Å². The van der Waals surface area contributed by atoms with Crippen LogP contribution in [0.5, 0.6) is 11.5 Å². The summed E-state index contributed by atoms with van der Waals surface area (Å²) < 4.78 is 18.7. The molecule has 44 heavy (non-hydrogen) atoms. The van der Waals surface area contributed by atoms with E-state index in [2.05, 4.69) is 36.3 Å². The van der Waals surface area contributed by atoms with E-state index in [0.29, 0.717) is 47.4 Å². The molecule has 1 aliphatic heterocycles. The molecule has 1 fully saturated rings. The van der Waals surface area contributed by atoms with Gasteiger partial charge >= 0.3 is 0 Å². The molecule has 0 aliphatic carbocycles. The van der Waals surface area contributed by atoms with Gasteiger partial charge in [-0.2, -0.15) is 10.4 Å². The van der Waals surface area contributed by atoms with Crippen molar-refractivity contribution in [3.05, 3.63) is 72.6 Å². The molecule has 0 saturated carbocycles. The molecule has 5 rings (SSSR count). The van der Waals surface area contributed by atoms with Gasteiger partial charge in [0.15, 0.2) is 0 Å². The van der Waals surface area contributed by atoms with Gasteiger partial charge in [0.25, 0.3) is 5.91 Å². The van der Waals surface area contributed by atoms with Crippen LogP contribution in [-0.4, -0.2) is 100 Å². The second-order valence-electron chi connectivity index (χ2n) is 10.4. The summed E-state index contributed by atoms with van der Waals surface area (Å²) in [5.74, 6) is 1.24. The number of morpholine rings is 1. The van der Waals surface area contributed by atoms with Gasteiger partial charge in [0.05, 0.1) is 38.1 Å². The third-order valence-electron chi connectivity index (χ3n) is 7.22. The first-order chi connectivity index (χ1) is 21.4. The molecule has 0 spiro atoms. The van der Waals surface area contributed by atoms with Gasteiger partial charge in [-0.25, -0.2) is 19.6 Å². The van der Waals surface area contributed by atoms with Crippen LogP contribution < -0.4 is 14.8 Å². The Labute approximate surface area is 256 Å². The summed E-state index contributed by atoms with van der Waals surface area (Å²) in [5.41, 5.74) is 3.14. The van der Waals surface area contributed by atoms with E-state index in [1.807, 2.05) is 13.0 Å². The zero-order chi connectivity index (χ0) is 30.9. The fourth-order valence-corrected chi connectivity index (χ4v) is 4.76. The summed E-state index contributed by atoms with van der Waals surface area (Å²) in [5, 5.41) is 16.9. The van der Waals surface area contributed by atoms with Crippen LogP contribution in [0.2, 0.25) is 0 Å². The van der Waals surface area contributed by atoms with Gasteiger partial charge in [-0.15, -0.1) is 0 Å². The quantitative estimate of drug-likeness (QED) is 0.257. The van der Waals surface area contributed by atoms with Crippen molar-refractivity contribution >= 4 is 17.5 Å². The lowest BCUT2D eigenvalue weighted by molar-refractivity contribution is 0.0338. The van der Waals surface area contributed by atoms with E-state index in [1.54, 1.807) is 72.8 Å². The Kier molecular flexibility index (Phi) is 9.96.